The molecule has 1 aliphatic rings. The molecule has 0 unspecified atom stereocenters. The fraction of sp³-hybridized carbons (Fsp3) is 0.368. The van der Waals surface area contributed by atoms with Crippen LogP contribution in [0.15, 0.2) is 36.7 Å². The highest BCUT2D eigenvalue weighted by molar-refractivity contribution is 5.99. The molecule has 2 aromatic rings. The van der Waals surface area contributed by atoms with Crippen molar-refractivity contribution in [2.45, 2.75) is 37.5 Å². The summed E-state index contributed by atoms with van der Waals surface area (Å²) in [6.07, 6.45) is 2.53. The number of Topliss-reactive ketones (excluding diaryl/α,β-unsaturated/α-hetero) is 1. The fourth-order valence-corrected chi connectivity index (χ4v) is 3.28. The van der Waals surface area contributed by atoms with Gasteiger partial charge in [0.25, 0.3) is 5.91 Å². The third-order valence-corrected chi connectivity index (χ3v) is 4.90. The van der Waals surface area contributed by atoms with Crippen LogP contribution in [0.1, 0.15) is 41.0 Å². The van der Waals surface area contributed by atoms with E-state index in [9.17, 15) is 22.8 Å². The molecule has 0 radical (unpaired) electrons. The normalized spacial score (nSPS) is 15.3. The molecular formula is C19H18F3N3O2. The van der Waals surface area contributed by atoms with E-state index in [4.69, 9.17) is 0 Å². The topological polar surface area (TPSA) is 72.0 Å². The zero-order valence-corrected chi connectivity index (χ0v) is 14.4. The highest BCUT2D eigenvalue weighted by Crippen LogP contribution is 2.46. The zero-order chi connectivity index (χ0) is 19.4. The summed E-state index contributed by atoms with van der Waals surface area (Å²) < 4.78 is 38.5. The van der Waals surface area contributed by atoms with Gasteiger partial charge in [0.05, 0.1) is 12.1 Å². The van der Waals surface area contributed by atoms with Gasteiger partial charge < -0.3 is 5.32 Å². The Morgan fingerprint density at radius 1 is 1.15 bits per heavy atom. The average Bonchev–Trinajstić information content (AvgIpc) is 2.63. The molecule has 1 N–H and O–H groups in total. The average molecular weight is 377 g/mol. The Morgan fingerprint density at radius 2 is 1.81 bits per heavy atom. The molecule has 0 atom stereocenters. The van der Waals surface area contributed by atoms with Crippen LogP contribution >= 0.6 is 0 Å². The number of aromatic nitrogens is 2. The summed E-state index contributed by atoms with van der Waals surface area (Å²) in [6.45, 7) is -0.551. The van der Waals surface area contributed by atoms with Gasteiger partial charge in [-0.05, 0) is 24.5 Å². The minimum absolute atomic E-state index is 0.113. The van der Waals surface area contributed by atoms with E-state index in [0.29, 0.717) is 17.8 Å². The molecule has 1 amide bonds. The lowest BCUT2D eigenvalue weighted by molar-refractivity contribution is -0.131. The Morgan fingerprint density at radius 3 is 2.37 bits per heavy atom. The third kappa shape index (κ3) is 4.15. The minimum Gasteiger partial charge on any atom is -0.344 e. The number of rotatable bonds is 7. The van der Waals surface area contributed by atoms with Crippen LogP contribution in [0.2, 0.25) is 0 Å². The SMILES string of the molecule is O=C(CNC(=O)C(F)F)c1cnc(CC2(c3ccccc3F)CCC2)nc1. The van der Waals surface area contributed by atoms with Crippen LogP contribution in [0.5, 0.6) is 0 Å². The van der Waals surface area contributed by atoms with Crippen molar-refractivity contribution in [3.8, 4) is 0 Å². The van der Waals surface area contributed by atoms with E-state index in [0.717, 1.165) is 19.3 Å². The smallest absolute Gasteiger partial charge is 0.315 e. The summed E-state index contributed by atoms with van der Waals surface area (Å²) in [6, 6.07) is 6.66. The van der Waals surface area contributed by atoms with Crippen molar-refractivity contribution in [3.63, 3.8) is 0 Å². The van der Waals surface area contributed by atoms with Gasteiger partial charge in [0.2, 0.25) is 0 Å². The standard InChI is InChI=1S/C19H18F3N3O2/c20-14-5-2-1-4-13(14)19(6-3-7-19)8-16-23-9-12(10-24-16)15(26)11-25-18(27)17(21)22/h1-2,4-5,9-10,17H,3,6-8,11H2,(H,25,27). The highest BCUT2D eigenvalue weighted by Gasteiger charge is 2.41. The maximum Gasteiger partial charge on any atom is 0.315 e. The lowest BCUT2D eigenvalue weighted by Crippen LogP contribution is -2.38. The molecule has 142 valence electrons. The van der Waals surface area contributed by atoms with Crippen LogP contribution in [0.25, 0.3) is 0 Å². The lowest BCUT2D eigenvalue weighted by Gasteiger charge is -2.42. The predicted octanol–water partition coefficient (Wildman–Crippen LogP) is 2.84. The number of nitrogens with one attached hydrogen (secondary N) is 1. The molecule has 1 fully saturated rings. The number of halogens is 3. The molecule has 27 heavy (non-hydrogen) atoms. The number of carbonyl (C=O) groups excluding carboxylic acids is 2. The number of hydrogen-bond donors (Lipinski definition) is 1. The molecule has 5 nitrogen and oxygen atoms in total. The van der Waals surface area contributed by atoms with E-state index >= 15 is 0 Å². The Bertz CT molecular complexity index is 836. The van der Waals surface area contributed by atoms with Gasteiger partial charge in [0.15, 0.2) is 5.78 Å². The summed E-state index contributed by atoms with van der Waals surface area (Å²) in [5, 5.41) is 1.84. The van der Waals surface area contributed by atoms with Crippen LogP contribution in [0, 0.1) is 5.82 Å². The Kier molecular flexibility index (Phi) is 5.53. The van der Waals surface area contributed by atoms with Gasteiger partial charge in [0.1, 0.15) is 11.6 Å². The molecule has 0 saturated heterocycles. The van der Waals surface area contributed by atoms with Crippen molar-refractivity contribution >= 4 is 11.7 Å². The minimum atomic E-state index is -3.17. The van der Waals surface area contributed by atoms with Crippen LogP contribution in [0.4, 0.5) is 13.2 Å². The van der Waals surface area contributed by atoms with E-state index in [-0.39, 0.29) is 16.8 Å². The first-order valence-electron chi connectivity index (χ1n) is 8.56. The molecule has 1 heterocycles. The van der Waals surface area contributed by atoms with E-state index in [1.54, 1.807) is 18.2 Å². The molecule has 1 aromatic carbocycles. The second-order valence-corrected chi connectivity index (χ2v) is 6.62. The van der Waals surface area contributed by atoms with Gasteiger partial charge in [-0.15, -0.1) is 0 Å². The van der Waals surface area contributed by atoms with Crippen molar-refractivity contribution in [3.05, 3.63) is 59.4 Å². The Hall–Kier alpha value is -2.77. The van der Waals surface area contributed by atoms with E-state index in [2.05, 4.69) is 9.97 Å². The monoisotopic (exact) mass is 377 g/mol. The maximum atomic E-state index is 14.2. The Balaban J connectivity index is 1.68. The lowest BCUT2D eigenvalue weighted by atomic mass is 9.62. The molecule has 8 heteroatoms. The molecular weight excluding hydrogens is 359 g/mol. The molecule has 1 aromatic heterocycles. The van der Waals surface area contributed by atoms with E-state index in [1.165, 1.54) is 18.5 Å². The van der Waals surface area contributed by atoms with E-state index < -0.39 is 24.7 Å². The van der Waals surface area contributed by atoms with Gasteiger partial charge in [-0.3, -0.25) is 9.59 Å². The first-order valence-corrected chi connectivity index (χ1v) is 8.56. The number of benzene rings is 1. The van der Waals surface area contributed by atoms with Gasteiger partial charge in [0, 0.05) is 24.2 Å². The maximum absolute atomic E-state index is 14.2. The van der Waals surface area contributed by atoms with Crippen molar-refractivity contribution in [2.24, 2.45) is 0 Å². The van der Waals surface area contributed by atoms with Crippen LogP contribution in [0.3, 0.4) is 0 Å². The summed E-state index contributed by atoms with van der Waals surface area (Å²) >= 11 is 0. The van der Waals surface area contributed by atoms with Crippen LogP contribution < -0.4 is 5.32 Å². The van der Waals surface area contributed by atoms with Gasteiger partial charge in [-0.25, -0.2) is 14.4 Å². The quantitative estimate of drug-likeness (QED) is 0.753. The van der Waals surface area contributed by atoms with Gasteiger partial charge in [-0.1, -0.05) is 24.6 Å². The first kappa shape index (κ1) is 19.0. The highest BCUT2D eigenvalue weighted by atomic mass is 19.3. The zero-order valence-electron chi connectivity index (χ0n) is 14.4. The first-order chi connectivity index (χ1) is 12.9. The summed E-state index contributed by atoms with van der Waals surface area (Å²) in [4.78, 5) is 31.1. The second-order valence-electron chi connectivity index (χ2n) is 6.62. The number of nitrogens with zero attached hydrogens (tertiary/aromatic N) is 2. The molecule has 0 aliphatic heterocycles. The van der Waals surface area contributed by atoms with Gasteiger partial charge in [-0.2, -0.15) is 8.78 Å². The fourth-order valence-electron chi connectivity index (χ4n) is 3.28. The van der Waals surface area contributed by atoms with Gasteiger partial charge >= 0.3 is 6.43 Å². The van der Waals surface area contributed by atoms with Crippen molar-refractivity contribution in [1.82, 2.24) is 15.3 Å². The molecule has 0 spiro atoms. The number of hydrogen-bond acceptors (Lipinski definition) is 4. The van der Waals surface area contributed by atoms with E-state index in [1.807, 2.05) is 5.32 Å². The molecule has 1 saturated carbocycles. The Labute approximate surface area is 154 Å². The number of alkyl halides is 2. The van der Waals surface area contributed by atoms with Crippen LogP contribution in [-0.4, -0.2) is 34.6 Å². The number of carbonyl (C=O) groups is 2. The number of ketones is 1. The third-order valence-electron chi connectivity index (χ3n) is 4.90. The van der Waals surface area contributed by atoms with Crippen molar-refractivity contribution < 1.29 is 22.8 Å². The second kappa shape index (κ2) is 7.85. The molecule has 0 bridgehead atoms. The predicted molar refractivity (Wildman–Crippen MR) is 91.0 cm³/mol. The number of amides is 1. The summed E-state index contributed by atoms with van der Waals surface area (Å²) in [5.41, 5.74) is 0.416. The largest absolute Gasteiger partial charge is 0.344 e. The van der Waals surface area contributed by atoms with Crippen molar-refractivity contribution in [2.75, 3.05) is 6.54 Å². The molecule has 1 aliphatic carbocycles. The van der Waals surface area contributed by atoms with Crippen molar-refractivity contribution in [1.29, 1.82) is 0 Å². The summed E-state index contributed by atoms with van der Waals surface area (Å²) in [5.74, 6) is -1.84. The molecule has 3 rings (SSSR count). The summed E-state index contributed by atoms with van der Waals surface area (Å²) in [7, 11) is 0. The van der Waals surface area contributed by atoms with Crippen LogP contribution in [-0.2, 0) is 16.6 Å².